The molecule has 0 aromatic rings. The smallest absolute Gasteiger partial charge is 0.381 e. The van der Waals surface area contributed by atoms with Crippen molar-refractivity contribution in [3.8, 4) is 0 Å². The summed E-state index contributed by atoms with van der Waals surface area (Å²) in [5, 5.41) is 0. The summed E-state index contributed by atoms with van der Waals surface area (Å²) < 4.78 is 32.0. The molecule has 0 saturated heterocycles. The van der Waals surface area contributed by atoms with Crippen molar-refractivity contribution in [1.29, 1.82) is 0 Å². The van der Waals surface area contributed by atoms with E-state index in [0.717, 1.165) is 0 Å². The van der Waals surface area contributed by atoms with Crippen molar-refractivity contribution in [2.24, 2.45) is 10.8 Å². The normalized spacial score (nSPS) is 12.2. The molecule has 0 amide bonds. The third-order valence-electron chi connectivity index (χ3n) is 3.45. The van der Waals surface area contributed by atoms with Gasteiger partial charge in [0.05, 0.1) is 13.2 Å². The molecular weight excluding hydrogens is 335 g/mol. The maximum Gasteiger partial charge on any atom is 0.698 e. The molecule has 0 fully saturated rings. The highest BCUT2D eigenvalue weighted by Crippen LogP contribution is 2.27. The van der Waals surface area contributed by atoms with Gasteiger partial charge < -0.3 is 9.47 Å². The molecule has 0 radical (unpaired) electrons. The van der Waals surface area contributed by atoms with Crippen LogP contribution < -0.4 is 0 Å². The molecule has 0 saturated carbocycles. The highest BCUT2D eigenvalue weighted by atomic mass is 31.1. The van der Waals surface area contributed by atoms with E-state index < -0.39 is 19.1 Å². The van der Waals surface area contributed by atoms with E-state index in [1.165, 1.54) is 0 Å². The van der Waals surface area contributed by atoms with Crippen molar-refractivity contribution in [3.63, 3.8) is 0 Å². The topological polar surface area (TPSA) is 88.1 Å². The Kier molecular flexibility index (Phi) is 10.7. The average Bonchev–Trinajstić information content (AvgIpc) is 2.53. The fraction of sp³-hybridized carbons (Fsp3) is 0.875. The largest absolute Gasteiger partial charge is 0.698 e. The molecule has 0 aromatic carbocycles. The minimum atomic E-state index is -2.54. The van der Waals surface area contributed by atoms with Gasteiger partial charge in [-0.2, -0.15) is 0 Å². The Hall–Kier alpha value is -0.720. The zero-order chi connectivity index (χ0) is 18.8. The lowest BCUT2D eigenvalue weighted by atomic mass is 9.89. The molecule has 0 bridgehead atoms. The first-order valence-electron chi connectivity index (χ1n) is 8.02. The van der Waals surface area contributed by atoms with Gasteiger partial charge >= 0.3 is 8.25 Å². The summed E-state index contributed by atoms with van der Waals surface area (Å²) in [7, 11) is -2.54. The number of ether oxygens (including phenoxy) is 2. The van der Waals surface area contributed by atoms with Gasteiger partial charge in [-0.3, -0.25) is 9.59 Å². The third-order valence-corrected chi connectivity index (χ3v) is 4.13. The highest BCUT2D eigenvalue weighted by Gasteiger charge is 2.34. The number of carbonyl (C=O) groups is 2. The lowest BCUT2D eigenvalue weighted by molar-refractivity contribution is -0.132. The second-order valence-electron chi connectivity index (χ2n) is 6.66. The van der Waals surface area contributed by atoms with Crippen LogP contribution in [0.5, 0.6) is 0 Å². The van der Waals surface area contributed by atoms with Crippen molar-refractivity contribution >= 4 is 19.8 Å². The van der Waals surface area contributed by atoms with Crippen molar-refractivity contribution < 1.29 is 32.7 Å². The first kappa shape index (κ1) is 23.3. The Bertz CT molecular complexity index is 394. The molecule has 0 aliphatic rings. The van der Waals surface area contributed by atoms with Crippen molar-refractivity contribution in [3.05, 3.63) is 0 Å². The van der Waals surface area contributed by atoms with Gasteiger partial charge in [-0.05, 0) is 13.8 Å². The van der Waals surface area contributed by atoms with Gasteiger partial charge in [0, 0.05) is 28.6 Å². The monoisotopic (exact) mass is 365 g/mol. The Labute approximate surface area is 145 Å². The molecule has 0 aliphatic carbocycles. The van der Waals surface area contributed by atoms with Crippen LogP contribution in [0.2, 0.25) is 0 Å². The van der Waals surface area contributed by atoms with E-state index >= 15 is 0 Å². The van der Waals surface area contributed by atoms with Crippen LogP contribution in [-0.2, 0) is 32.7 Å². The summed E-state index contributed by atoms with van der Waals surface area (Å²) in [6, 6.07) is 0. The maximum absolute atomic E-state index is 12.0. The molecule has 0 unspecified atom stereocenters. The molecule has 0 aliphatic heterocycles. The van der Waals surface area contributed by atoms with Crippen molar-refractivity contribution in [2.45, 2.75) is 41.5 Å². The summed E-state index contributed by atoms with van der Waals surface area (Å²) in [4.78, 5) is 24.0. The Balaban J connectivity index is 4.23. The molecule has 24 heavy (non-hydrogen) atoms. The van der Waals surface area contributed by atoms with Gasteiger partial charge in [-0.1, -0.05) is 27.7 Å². The minimum Gasteiger partial charge on any atom is -0.381 e. The maximum atomic E-state index is 12.0. The predicted molar refractivity (Wildman–Crippen MR) is 90.1 cm³/mol. The first-order chi connectivity index (χ1) is 11.1. The van der Waals surface area contributed by atoms with Gasteiger partial charge in [0.2, 0.25) is 0 Å². The molecule has 0 atom stereocenters. The number of hydrogen-bond donors (Lipinski definition) is 0. The van der Waals surface area contributed by atoms with E-state index in [0.29, 0.717) is 13.2 Å². The fourth-order valence-corrected chi connectivity index (χ4v) is 2.05. The predicted octanol–water partition coefficient (Wildman–Crippen LogP) is 2.94. The third kappa shape index (κ3) is 8.94. The van der Waals surface area contributed by atoms with Crippen LogP contribution in [-0.4, -0.2) is 51.2 Å². The number of Topliss-reactive ketones (excluding diaryl/α,β-unsaturated/α-hetero) is 2. The zero-order valence-electron chi connectivity index (χ0n) is 15.5. The number of rotatable bonds is 14. The highest BCUT2D eigenvalue weighted by molar-refractivity contribution is 7.33. The fourth-order valence-electron chi connectivity index (χ4n) is 1.53. The molecule has 0 rings (SSSR count). The van der Waals surface area contributed by atoms with Crippen LogP contribution in [0, 0.1) is 10.8 Å². The summed E-state index contributed by atoms with van der Waals surface area (Å²) in [6.45, 7) is 11.4. The Morgan fingerprint density at radius 1 is 0.792 bits per heavy atom. The standard InChI is InChI=1S/C16H30O7P/c1-7-20-11-15(3,4)13(17)9-22-24(19)23-10-14(18)16(5,6)12-21-8-2/h7-12H2,1-6H3/q+1. The molecule has 0 spiro atoms. The summed E-state index contributed by atoms with van der Waals surface area (Å²) >= 11 is 0. The van der Waals surface area contributed by atoms with Crippen LogP contribution in [0.3, 0.4) is 0 Å². The second-order valence-corrected chi connectivity index (χ2v) is 7.62. The SMILES string of the molecule is CCOCC(C)(C)C(=O)CO[P+](=O)OCC(=O)C(C)(C)COCC. The average molecular weight is 365 g/mol. The lowest BCUT2D eigenvalue weighted by Gasteiger charge is -2.21. The summed E-state index contributed by atoms with van der Waals surface area (Å²) in [6.07, 6.45) is 0. The quantitative estimate of drug-likeness (QED) is 0.437. The molecule has 7 nitrogen and oxygen atoms in total. The summed E-state index contributed by atoms with van der Waals surface area (Å²) in [5.41, 5.74) is -1.47. The van der Waals surface area contributed by atoms with Crippen LogP contribution in [0.4, 0.5) is 0 Å². The van der Waals surface area contributed by atoms with Crippen LogP contribution in [0.15, 0.2) is 0 Å². The summed E-state index contributed by atoms with van der Waals surface area (Å²) in [5.74, 6) is -0.489. The zero-order valence-corrected chi connectivity index (χ0v) is 16.4. The number of ketones is 2. The van der Waals surface area contributed by atoms with Gasteiger partial charge in [-0.15, -0.1) is 9.05 Å². The van der Waals surface area contributed by atoms with Crippen molar-refractivity contribution in [2.75, 3.05) is 39.6 Å². The minimum absolute atomic E-state index is 0.245. The van der Waals surface area contributed by atoms with Gasteiger partial charge in [0.15, 0.2) is 24.8 Å². The van der Waals surface area contributed by atoms with Gasteiger partial charge in [0.1, 0.15) is 0 Å². The van der Waals surface area contributed by atoms with Gasteiger partial charge in [0.25, 0.3) is 0 Å². The Morgan fingerprint density at radius 3 is 1.42 bits per heavy atom. The van der Waals surface area contributed by atoms with Gasteiger partial charge in [-0.25, -0.2) is 0 Å². The van der Waals surface area contributed by atoms with Crippen LogP contribution in [0.1, 0.15) is 41.5 Å². The Morgan fingerprint density at radius 2 is 1.12 bits per heavy atom. The van der Waals surface area contributed by atoms with E-state index in [1.807, 2.05) is 13.8 Å². The number of hydrogen-bond acceptors (Lipinski definition) is 7. The number of carbonyl (C=O) groups excluding carboxylic acids is 2. The van der Waals surface area contributed by atoms with E-state index in [-0.39, 0.29) is 38.0 Å². The molecule has 8 heteroatoms. The van der Waals surface area contributed by atoms with E-state index in [4.69, 9.17) is 18.5 Å². The van der Waals surface area contributed by atoms with Crippen molar-refractivity contribution in [1.82, 2.24) is 0 Å². The molecule has 0 heterocycles. The van der Waals surface area contributed by atoms with E-state index in [1.54, 1.807) is 27.7 Å². The van der Waals surface area contributed by atoms with E-state index in [9.17, 15) is 14.2 Å². The van der Waals surface area contributed by atoms with E-state index in [2.05, 4.69) is 0 Å². The molecule has 0 aromatic heterocycles. The first-order valence-corrected chi connectivity index (χ1v) is 9.11. The molecule has 140 valence electrons. The van der Waals surface area contributed by atoms with Crippen LogP contribution >= 0.6 is 8.25 Å². The molecule has 0 N–H and O–H groups in total. The lowest BCUT2D eigenvalue weighted by Crippen LogP contribution is -2.33. The molecular formula is C16H30O7P+. The van der Waals surface area contributed by atoms with Crippen LogP contribution in [0.25, 0.3) is 0 Å². The second kappa shape index (κ2) is 11.0.